The number of anilines is 1. The van der Waals surface area contributed by atoms with E-state index < -0.39 is 5.92 Å². The van der Waals surface area contributed by atoms with E-state index in [0.29, 0.717) is 6.42 Å². The summed E-state index contributed by atoms with van der Waals surface area (Å²) in [6.07, 6.45) is 1.56. The highest BCUT2D eigenvalue weighted by atomic mass is 32.1. The van der Waals surface area contributed by atoms with E-state index >= 15 is 0 Å². The predicted molar refractivity (Wildman–Crippen MR) is 89.0 cm³/mol. The van der Waals surface area contributed by atoms with Gasteiger partial charge < -0.3 is 11.1 Å². The molecule has 0 radical (unpaired) electrons. The van der Waals surface area contributed by atoms with Gasteiger partial charge in [-0.05, 0) is 29.5 Å². The molecule has 1 unspecified atom stereocenters. The molecule has 3 N–H and O–H groups in total. The maximum absolute atomic E-state index is 12.1. The van der Waals surface area contributed by atoms with E-state index in [-0.39, 0.29) is 16.3 Å². The summed E-state index contributed by atoms with van der Waals surface area (Å²) in [5.74, 6) is -0.514. The molecule has 1 aromatic carbocycles. The molecule has 0 saturated heterocycles. The summed E-state index contributed by atoms with van der Waals surface area (Å²) in [6, 6.07) is 7.90. The van der Waals surface area contributed by atoms with Crippen LogP contribution in [0.2, 0.25) is 0 Å². The van der Waals surface area contributed by atoms with Crippen LogP contribution in [0.5, 0.6) is 0 Å². The highest BCUT2D eigenvalue weighted by Crippen LogP contribution is 2.23. The van der Waals surface area contributed by atoms with Crippen LogP contribution in [0.1, 0.15) is 46.1 Å². The Labute approximate surface area is 126 Å². The molecule has 0 aliphatic carbocycles. The third-order valence-corrected chi connectivity index (χ3v) is 3.54. The third-order valence-electron chi connectivity index (χ3n) is 3.26. The lowest BCUT2D eigenvalue weighted by Gasteiger charge is -2.20. The lowest BCUT2D eigenvalue weighted by molar-refractivity contribution is -0.118. The van der Waals surface area contributed by atoms with Crippen molar-refractivity contribution in [3.8, 4) is 0 Å². The molecule has 0 aliphatic rings. The average molecular weight is 292 g/mol. The van der Waals surface area contributed by atoms with E-state index in [1.165, 1.54) is 5.56 Å². The Morgan fingerprint density at radius 2 is 1.85 bits per heavy atom. The van der Waals surface area contributed by atoms with Crippen LogP contribution in [0.4, 0.5) is 5.69 Å². The topological polar surface area (TPSA) is 55.1 Å². The highest BCUT2D eigenvalue weighted by molar-refractivity contribution is 7.80. The van der Waals surface area contributed by atoms with Gasteiger partial charge in [0.1, 0.15) is 0 Å². The van der Waals surface area contributed by atoms with Crippen LogP contribution in [-0.2, 0) is 10.2 Å². The summed E-state index contributed by atoms with van der Waals surface area (Å²) >= 11 is 4.96. The first-order valence-electron chi connectivity index (χ1n) is 6.96. The van der Waals surface area contributed by atoms with Gasteiger partial charge in [-0.2, -0.15) is 0 Å². The SMILES string of the molecule is CCCC(C(=O)Nc1ccc(C(C)(C)C)cc1)C(N)=S. The van der Waals surface area contributed by atoms with Gasteiger partial charge in [-0.3, -0.25) is 4.79 Å². The summed E-state index contributed by atoms with van der Waals surface area (Å²) in [4.78, 5) is 12.4. The molecule has 0 bridgehead atoms. The number of hydrogen-bond donors (Lipinski definition) is 2. The molecule has 0 saturated carbocycles. The van der Waals surface area contributed by atoms with E-state index in [9.17, 15) is 4.79 Å². The molecular formula is C16H24N2OS. The molecule has 0 heterocycles. The number of benzene rings is 1. The summed E-state index contributed by atoms with van der Waals surface area (Å²) in [6.45, 7) is 8.48. The Kier molecular flexibility index (Phi) is 5.69. The summed E-state index contributed by atoms with van der Waals surface area (Å²) in [7, 11) is 0. The van der Waals surface area contributed by atoms with Crippen LogP contribution >= 0.6 is 12.2 Å². The number of thiocarbonyl (C=S) groups is 1. The van der Waals surface area contributed by atoms with Crippen molar-refractivity contribution in [2.75, 3.05) is 5.32 Å². The zero-order chi connectivity index (χ0) is 15.3. The van der Waals surface area contributed by atoms with Crippen molar-refractivity contribution < 1.29 is 4.79 Å². The van der Waals surface area contributed by atoms with Gasteiger partial charge in [0, 0.05) is 5.69 Å². The molecule has 0 aliphatic heterocycles. The molecule has 0 spiro atoms. The fraction of sp³-hybridized carbons (Fsp3) is 0.500. The van der Waals surface area contributed by atoms with Crippen LogP contribution in [0, 0.1) is 5.92 Å². The maximum atomic E-state index is 12.1. The minimum absolute atomic E-state index is 0.103. The Balaban J connectivity index is 2.78. The number of amides is 1. The number of nitrogens with two attached hydrogens (primary N) is 1. The van der Waals surface area contributed by atoms with Crippen molar-refractivity contribution >= 4 is 28.8 Å². The monoisotopic (exact) mass is 292 g/mol. The molecule has 110 valence electrons. The number of nitrogens with one attached hydrogen (secondary N) is 1. The van der Waals surface area contributed by atoms with Crippen molar-refractivity contribution in [1.82, 2.24) is 0 Å². The summed E-state index contributed by atoms with van der Waals surface area (Å²) in [5, 5.41) is 2.88. The van der Waals surface area contributed by atoms with Crippen LogP contribution in [0.25, 0.3) is 0 Å². The molecule has 0 fully saturated rings. The van der Waals surface area contributed by atoms with E-state index in [4.69, 9.17) is 18.0 Å². The lowest BCUT2D eigenvalue weighted by atomic mass is 9.87. The minimum atomic E-state index is -0.391. The molecule has 3 nitrogen and oxygen atoms in total. The Hall–Kier alpha value is -1.42. The van der Waals surface area contributed by atoms with Gasteiger partial charge in [0.2, 0.25) is 5.91 Å². The fourth-order valence-corrected chi connectivity index (χ4v) is 2.20. The number of carbonyl (C=O) groups is 1. The molecule has 1 atom stereocenters. The lowest BCUT2D eigenvalue weighted by Crippen LogP contribution is -2.33. The summed E-state index contributed by atoms with van der Waals surface area (Å²) in [5.41, 5.74) is 7.74. The Morgan fingerprint density at radius 3 is 2.25 bits per heavy atom. The summed E-state index contributed by atoms with van der Waals surface area (Å²) < 4.78 is 0. The third kappa shape index (κ3) is 4.60. The van der Waals surface area contributed by atoms with Crippen LogP contribution in [-0.4, -0.2) is 10.9 Å². The van der Waals surface area contributed by atoms with Gasteiger partial charge in [0.25, 0.3) is 0 Å². The molecule has 20 heavy (non-hydrogen) atoms. The standard InChI is InChI=1S/C16H24N2OS/c1-5-6-13(14(17)20)15(19)18-12-9-7-11(8-10-12)16(2,3)4/h7-10,13H,5-6H2,1-4H3,(H2,17,20)(H,18,19). The largest absolute Gasteiger partial charge is 0.393 e. The molecule has 1 amide bonds. The molecule has 1 rings (SSSR count). The van der Waals surface area contributed by atoms with Gasteiger partial charge in [-0.1, -0.05) is 58.5 Å². The van der Waals surface area contributed by atoms with Gasteiger partial charge in [-0.15, -0.1) is 0 Å². The Bertz CT molecular complexity index is 474. The second-order valence-electron chi connectivity index (χ2n) is 6.06. The molecule has 0 aromatic heterocycles. The number of carbonyl (C=O) groups excluding carboxylic acids is 1. The first kappa shape index (κ1) is 16.6. The van der Waals surface area contributed by atoms with Gasteiger partial charge in [-0.25, -0.2) is 0 Å². The van der Waals surface area contributed by atoms with Crippen molar-refractivity contribution in [1.29, 1.82) is 0 Å². The second-order valence-corrected chi connectivity index (χ2v) is 6.53. The van der Waals surface area contributed by atoms with E-state index in [0.717, 1.165) is 12.1 Å². The predicted octanol–water partition coefficient (Wildman–Crippen LogP) is 3.63. The zero-order valence-corrected chi connectivity index (χ0v) is 13.5. The van der Waals surface area contributed by atoms with E-state index in [2.05, 4.69) is 26.1 Å². The van der Waals surface area contributed by atoms with E-state index in [1.54, 1.807) is 0 Å². The van der Waals surface area contributed by atoms with Crippen LogP contribution < -0.4 is 11.1 Å². The average Bonchev–Trinajstić information content (AvgIpc) is 2.34. The van der Waals surface area contributed by atoms with Crippen molar-refractivity contribution in [2.24, 2.45) is 11.7 Å². The Morgan fingerprint density at radius 1 is 1.30 bits per heavy atom. The second kappa shape index (κ2) is 6.84. The normalized spacial score (nSPS) is 12.8. The van der Waals surface area contributed by atoms with Crippen molar-refractivity contribution in [3.05, 3.63) is 29.8 Å². The number of hydrogen-bond acceptors (Lipinski definition) is 2. The fourth-order valence-electron chi connectivity index (χ4n) is 1.97. The van der Waals surface area contributed by atoms with Crippen LogP contribution in [0.15, 0.2) is 24.3 Å². The first-order chi connectivity index (χ1) is 9.25. The van der Waals surface area contributed by atoms with Gasteiger partial charge in [0.05, 0.1) is 10.9 Å². The van der Waals surface area contributed by atoms with E-state index in [1.807, 2.05) is 31.2 Å². The quantitative estimate of drug-likeness (QED) is 0.815. The molecule has 1 aromatic rings. The first-order valence-corrected chi connectivity index (χ1v) is 7.37. The van der Waals surface area contributed by atoms with Crippen molar-refractivity contribution in [3.63, 3.8) is 0 Å². The highest BCUT2D eigenvalue weighted by Gasteiger charge is 2.20. The minimum Gasteiger partial charge on any atom is -0.393 e. The molecular weight excluding hydrogens is 268 g/mol. The van der Waals surface area contributed by atoms with Gasteiger partial charge >= 0.3 is 0 Å². The smallest absolute Gasteiger partial charge is 0.234 e. The zero-order valence-electron chi connectivity index (χ0n) is 12.7. The number of rotatable bonds is 5. The maximum Gasteiger partial charge on any atom is 0.234 e. The van der Waals surface area contributed by atoms with Gasteiger partial charge in [0.15, 0.2) is 0 Å². The van der Waals surface area contributed by atoms with Crippen molar-refractivity contribution in [2.45, 2.75) is 46.0 Å². The molecule has 4 heteroatoms. The van der Waals surface area contributed by atoms with Crippen LogP contribution in [0.3, 0.4) is 0 Å².